The summed E-state index contributed by atoms with van der Waals surface area (Å²) in [6.45, 7) is 4.88. The van der Waals surface area contributed by atoms with E-state index < -0.39 is 0 Å². The van der Waals surface area contributed by atoms with Gasteiger partial charge in [-0.1, -0.05) is 5.57 Å². The number of allylic oxidation sites excluding steroid dienone is 1. The summed E-state index contributed by atoms with van der Waals surface area (Å²) >= 11 is 0. The van der Waals surface area contributed by atoms with Crippen molar-refractivity contribution in [2.24, 2.45) is 5.92 Å². The topological polar surface area (TPSA) is 3.24 Å². The second-order valence-electron chi connectivity index (χ2n) is 3.18. The van der Waals surface area contributed by atoms with Crippen LogP contribution in [0.5, 0.6) is 0 Å². The maximum Gasteiger partial charge on any atom is 0.0178 e. The molecule has 3 aliphatic heterocycles. The van der Waals surface area contributed by atoms with Gasteiger partial charge in [-0.05, 0) is 31.9 Å². The number of hydrogen-bond acceptors (Lipinski definition) is 1. The fourth-order valence-corrected chi connectivity index (χ4v) is 1.88. The van der Waals surface area contributed by atoms with Crippen LogP contribution in [-0.2, 0) is 0 Å². The molecule has 3 aliphatic rings. The first-order chi connectivity index (χ1) is 4.36. The Balaban J connectivity index is 0.000000500. The van der Waals surface area contributed by atoms with Crippen LogP contribution in [-0.4, -0.2) is 18.0 Å². The van der Waals surface area contributed by atoms with Crippen LogP contribution >= 0.6 is 12.4 Å². The van der Waals surface area contributed by atoms with Gasteiger partial charge in [0.25, 0.3) is 0 Å². The minimum absolute atomic E-state index is 0. The van der Waals surface area contributed by atoms with Crippen molar-refractivity contribution < 1.29 is 0 Å². The maximum atomic E-state index is 2.44. The highest BCUT2D eigenvalue weighted by Crippen LogP contribution is 2.29. The van der Waals surface area contributed by atoms with Crippen molar-refractivity contribution in [1.82, 2.24) is 4.90 Å². The number of rotatable bonds is 0. The molecule has 3 rings (SSSR count). The second kappa shape index (κ2) is 2.83. The second-order valence-corrected chi connectivity index (χ2v) is 3.18. The van der Waals surface area contributed by atoms with Gasteiger partial charge in [0.1, 0.15) is 0 Å². The molecule has 0 aliphatic carbocycles. The molecular weight excluding hydrogens is 146 g/mol. The summed E-state index contributed by atoms with van der Waals surface area (Å²) in [5, 5.41) is 0. The zero-order chi connectivity index (χ0) is 6.27. The van der Waals surface area contributed by atoms with Crippen LogP contribution in [0, 0.1) is 5.92 Å². The molecule has 1 fully saturated rings. The number of fused-ring (bicyclic) bond motifs is 2. The van der Waals surface area contributed by atoms with Crippen molar-refractivity contribution in [3.8, 4) is 0 Å². The molecule has 0 radical (unpaired) electrons. The Morgan fingerprint density at radius 3 is 2.20 bits per heavy atom. The van der Waals surface area contributed by atoms with Crippen LogP contribution in [0.1, 0.15) is 19.8 Å². The molecule has 0 N–H and O–H groups in total. The average Bonchev–Trinajstić information content (AvgIpc) is 1.90. The lowest BCUT2D eigenvalue weighted by atomic mass is 9.87. The van der Waals surface area contributed by atoms with Gasteiger partial charge in [-0.25, -0.2) is 0 Å². The minimum Gasteiger partial charge on any atom is -0.377 e. The largest absolute Gasteiger partial charge is 0.377 e. The Labute approximate surface area is 68.5 Å². The molecule has 0 amide bonds. The van der Waals surface area contributed by atoms with Crippen LogP contribution in [0.4, 0.5) is 0 Å². The monoisotopic (exact) mass is 159 g/mol. The predicted molar refractivity (Wildman–Crippen MR) is 45.3 cm³/mol. The predicted octanol–water partition coefficient (Wildman–Crippen LogP) is 2.04. The van der Waals surface area contributed by atoms with Gasteiger partial charge in [-0.3, -0.25) is 0 Å². The molecule has 0 saturated carbocycles. The van der Waals surface area contributed by atoms with E-state index in [2.05, 4.69) is 18.0 Å². The Morgan fingerprint density at radius 1 is 1.40 bits per heavy atom. The van der Waals surface area contributed by atoms with Crippen LogP contribution in [0.25, 0.3) is 0 Å². The van der Waals surface area contributed by atoms with Crippen LogP contribution in [0.15, 0.2) is 11.8 Å². The van der Waals surface area contributed by atoms with Crippen molar-refractivity contribution in [1.29, 1.82) is 0 Å². The van der Waals surface area contributed by atoms with E-state index >= 15 is 0 Å². The van der Waals surface area contributed by atoms with Gasteiger partial charge in [0.15, 0.2) is 0 Å². The Bertz CT molecular complexity index is 145. The Kier molecular flexibility index (Phi) is 2.24. The van der Waals surface area contributed by atoms with Crippen LogP contribution < -0.4 is 0 Å². The van der Waals surface area contributed by atoms with Gasteiger partial charge in [0.2, 0.25) is 0 Å². The third-order valence-electron chi connectivity index (χ3n) is 2.56. The number of piperidine rings is 1. The summed E-state index contributed by atoms with van der Waals surface area (Å²) in [6, 6.07) is 0. The summed E-state index contributed by atoms with van der Waals surface area (Å²) in [5.74, 6) is 0.940. The van der Waals surface area contributed by atoms with Crippen molar-refractivity contribution >= 4 is 12.4 Å². The van der Waals surface area contributed by atoms with E-state index in [0.717, 1.165) is 5.92 Å². The van der Waals surface area contributed by atoms with Crippen molar-refractivity contribution in [3.05, 3.63) is 11.8 Å². The Hall–Kier alpha value is -0.170. The van der Waals surface area contributed by atoms with Gasteiger partial charge in [0.05, 0.1) is 0 Å². The molecule has 2 bridgehead atoms. The lowest BCUT2D eigenvalue weighted by molar-refractivity contribution is 0.230. The standard InChI is InChI=1S/C8H13N.ClH/c1-7-6-9-4-2-8(7)3-5-9;/h6,8H,2-5H2,1H3;1H. The van der Waals surface area contributed by atoms with Gasteiger partial charge in [0, 0.05) is 13.1 Å². The average molecular weight is 160 g/mol. The molecule has 58 valence electrons. The summed E-state index contributed by atoms with van der Waals surface area (Å²) in [4.78, 5) is 2.44. The van der Waals surface area contributed by atoms with E-state index in [1.807, 2.05) is 0 Å². The first-order valence-corrected chi connectivity index (χ1v) is 3.78. The van der Waals surface area contributed by atoms with E-state index in [-0.39, 0.29) is 12.4 Å². The van der Waals surface area contributed by atoms with Crippen molar-refractivity contribution in [3.63, 3.8) is 0 Å². The van der Waals surface area contributed by atoms with Gasteiger partial charge in [-0.2, -0.15) is 0 Å². The van der Waals surface area contributed by atoms with E-state index in [9.17, 15) is 0 Å². The first-order valence-electron chi connectivity index (χ1n) is 3.78. The summed E-state index contributed by atoms with van der Waals surface area (Å²) < 4.78 is 0. The minimum atomic E-state index is 0. The third kappa shape index (κ3) is 1.15. The lowest BCUT2D eigenvalue weighted by Crippen LogP contribution is -2.35. The molecule has 0 atom stereocenters. The molecular formula is C8H14ClN. The molecule has 2 heteroatoms. The molecule has 1 saturated heterocycles. The van der Waals surface area contributed by atoms with Gasteiger partial charge < -0.3 is 4.90 Å². The highest BCUT2D eigenvalue weighted by atomic mass is 35.5. The smallest absolute Gasteiger partial charge is 0.0178 e. The number of halogens is 1. The highest BCUT2D eigenvalue weighted by molar-refractivity contribution is 5.85. The number of hydrogen-bond donors (Lipinski definition) is 0. The van der Waals surface area contributed by atoms with Crippen molar-refractivity contribution in [2.45, 2.75) is 19.8 Å². The zero-order valence-corrected chi connectivity index (χ0v) is 7.16. The third-order valence-corrected chi connectivity index (χ3v) is 2.56. The molecule has 1 nitrogen and oxygen atoms in total. The van der Waals surface area contributed by atoms with Gasteiger partial charge in [-0.15, -0.1) is 12.4 Å². The molecule has 0 spiro atoms. The molecule has 0 unspecified atom stereocenters. The molecule has 10 heavy (non-hydrogen) atoms. The lowest BCUT2D eigenvalue weighted by Gasteiger charge is -2.38. The molecule has 0 aromatic heterocycles. The quantitative estimate of drug-likeness (QED) is 0.523. The summed E-state index contributed by atoms with van der Waals surface area (Å²) in [7, 11) is 0. The Morgan fingerprint density at radius 2 is 2.00 bits per heavy atom. The maximum absolute atomic E-state index is 2.44. The highest BCUT2D eigenvalue weighted by Gasteiger charge is 2.23. The molecule has 3 heterocycles. The zero-order valence-electron chi connectivity index (χ0n) is 6.34. The van der Waals surface area contributed by atoms with E-state index in [4.69, 9.17) is 0 Å². The summed E-state index contributed by atoms with van der Waals surface area (Å²) in [6.07, 6.45) is 5.14. The van der Waals surface area contributed by atoms with Crippen LogP contribution in [0.3, 0.4) is 0 Å². The van der Waals surface area contributed by atoms with Crippen molar-refractivity contribution in [2.75, 3.05) is 13.1 Å². The van der Waals surface area contributed by atoms with Crippen LogP contribution in [0.2, 0.25) is 0 Å². The fraction of sp³-hybridized carbons (Fsp3) is 0.750. The first kappa shape index (κ1) is 7.93. The fourth-order valence-electron chi connectivity index (χ4n) is 1.88. The summed E-state index contributed by atoms with van der Waals surface area (Å²) in [5.41, 5.74) is 1.60. The van der Waals surface area contributed by atoms with Gasteiger partial charge >= 0.3 is 0 Å². The van der Waals surface area contributed by atoms with E-state index in [1.54, 1.807) is 5.57 Å². The normalized spacial score (nSPS) is 24.1. The van der Waals surface area contributed by atoms with E-state index in [1.165, 1.54) is 25.9 Å². The molecule has 0 aromatic rings. The SMILES string of the molecule is CC1=CN2CCC1CC2.Cl. The number of nitrogens with zero attached hydrogens (tertiary/aromatic N) is 1. The van der Waals surface area contributed by atoms with E-state index in [0.29, 0.717) is 0 Å². The molecule has 0 aromatic carbocycles.